The molecule has 18 heavy (non-hydrogen) atoms. The molecule has 0 fully saturated rings. The van der Waals surface area contributed by atoms with Crippen LogP contribution in [0.15, 0.2) is 48.5 Å². The summed E-state index contributed by atoms with van der Waals surface area (Å²) in [7, 11) is 0. The van der Waals surface area contributed by atoms with Crippen molar-refractivity contribution >= 4 is 32.3 Å². The van der Waals surface area contributed by atoms with Crippen molar-refractivity contribution in [2.75, 3.05) is 0 Å². The monoisotopic (exact) mass is 230 g/mol. The number of benzene rings is 4. The molecule has 0 nitrogen and oxygen atoms in total. The van der Waals surface area contributed by atoms with Gasteiger partial charge in [-0.1, -0.05) is 48.5 Å². The Morgan fingerprint density at radius 2 is 1.33 bits per heavy atom. The van der Waals surface area contributed by atoms with E-state index in [9.17, 15) is 0 Å². The highest BCUT2D eigenvalue weighted by Gasteiger charge is 2.10. The van der Waals surface area contributed by atoms with Gasteiger partial charge in [0.15, 0.2) is 0 Å². The van der Waals surface area contributed by atoms with E-state index < -0.39 is 0 Å². The molecule has 0 saturated heterocycles. The minimum absolute atomic E-state index is 1.35. The van der Waals surface area contributed by atoms with Gasteiger partial charge in [0, 0.05) is 0 Å². The van der Waals surface area contributed by atoms with Gasteiger partial charge in [-0.25, -0.2) is 0 Å². The lowest BCUT2D eigenvalue weighted by Gasteiger charge is -2.14. The first-order chi connectivity index (χ1) is 8.75. The van der Waals surface area contributed by atoms with Gasteiger partial charge < -0.3 is 0 Å². The molecule has 0 saturated carbocycles. The van der Waals surface area contributed by atoms with Crippen LogP contribution in [0.4, 0.5) is 0 Å². The minimum atomic E-state index is 1.35. The Bertz CT molecular complexity index is 879. The van der Waals surface area contributed by atoms with Crippen LogP contribution < -0.4 is 0 Å². The molecule has 0 unspecified atom stereocenters. The van der Waals surface area contributed by atoms with Gasteiger partial charge in [0.2, 0.25) is 0 Å². The quantitative estimate of drug-likeness (QED) is 0.364. The second-order valence-corrected chi connectivity index (χ2v) is 5.19. The highest BCUT2D eigenvalue weighted by atomic mass is 14.1. The number of hydrogen-bond donors (Lipinski definition) is 0. The lowest BCUT2D eigenvalue weighted by molar-refractivity contribution is 1.52. The Labute approximate surface area is 106 Å². The molecule has 0 heterocycles. The molecule has 4 aromatic rings. The molecule has 4 rings (SSSR count). The minimum Gasteiger partial charge on any atom is -0.0610 e. The van der Waals surface area contributed by atoms with Crippen LogP contribution >= 0.6 is 0 Å². The lowest BCUT2D eigenvalue weighted by atomic mass is 9.90. The van der Waals surface area contributed by atoms with E-state index in [0.717, 1.165) is 0 Å². The third-order valence-corrected chi connectivity index (χ3v) is 4.07. The summed E-state index contributed by atoms with van der Waals surface area (Å²) in [6, 6.07) is 17.9. The summed E-state index contributed by atoms with van der Waals surface area (Å²) in [5.74, 6) is 0. The van der Waals surface area contributed by atoms with Crippen molar-refractivity contribution in [1.29, 1.82) is 0 Å². The molecule has 0 amide bonds. The van der Waals surface area contributed by atoms with Gasteiger partial charge in [0.1, 0.15) is 0 Å². The molecule has 0 N–H and O–H groups in total. The average Bonchev–Trinajstić information content (AvgIpc) is 2.40. The zero-order valence-electron chi connectivity index (χ0n) is 10.6. The summed E-state index contributed by atoms with van der Waals surface area (Å²) >= 11 is 0. The van der Waals surface area contributed by atoms with Gasteiger partial charge in [0.05, 0.1) is 0 Å². The van der Waals surface area contributed by atoms with E-state index >= 15 is 0 Å². The largest absolute Gasteiger partial charge is 0.0610 e. The first-order valence-corrected chi connectivity index (χ1v) is 6.39. The Morgan fingerprint density at radius 1 is 0.611 bits per heavy atom. The summed E-state index contributed by atoms with van der Waals surface area (Å²) in [6.07, 6.45) is 0. The second kappa shape index (κ2) is 3.23. The van der Waals surface area contributed by atoms with Crippen molar-refractivity contribution in [2.24, 2.45) is 0 Å². The maximum atomic E-state index is 2.31. The second-order valence-electron chi connectivity index (χ2n) is 5.19. The van der Waals surface area contributed by atoms with Gasteiger partial charge in [-0.05, 0) is 57.3 Å². The summed E-state index contributed by atoms with van der Waals surface area (Å²) < 4.78 is 0. The van der Waals surface area contributed by atoms with E-state index in [0.29, 0.717) is 0 Å². The van der Waals surface area contributed by atoms with Crippen molar-refractivity contribution in [3.63, 3.8) is 0 Å². The third-order valence-electron chi connectivity index (χ3n) is 4.07. The topological polar surface area (TPSA) is 0 Å². The van der Waals surface area contributed by atoms with Crippen molar-refractivity contribution < 1.29 is 0 Å². The van der Waals surface area contributed by atoms with Crippen LogP contribution in [0.5, 0.6) is 0 Å². The molecular formula is C18H14. The van der Waals surface area contributed by atoms with Gasteiger partial charge in [-0.3, -0.25) is 0 Å². The Hall–Kier alpha value is -2.08. The molecule has 86 valence electrons. The Balaban J connectivity index is 2.49. The predicted molar refractivity (Wildman–Crippen MR) is 79.6 cm³/mol. The molecule has 0 heteroatoms. The van der Waals surface area contributed by atoms with E-state index in [1.54, 1.807) is 0 Å². The van der Waals surface area contributed by atoms with Crippen LogP contribution in [-0.4, -0.2) is 0 Å². The molecule has 0 aliphatic heterocycles. The molecule has 4 aromatic carbocycles. The molecule has 0 atom stereocenters. The zero-order valence-corrected chi connectivity index (χ0v) is 10.6. The summed E-state index contributed by atoms with van der Waals surface area (Å²) in [4.78, 5) is 0. The highest BCUT2D eigenvalue weighted by molar-refractivity contribution is 6.24. The van der Waals surface area contributed by atoms with E-state index in [2.05, 4.69) is 62.4 Å². The van der Waals surface area contributed by atoms with E-state index in [1.165, 1.54) is 43.4 Å². The van der Waals surface area contributed by atoms with Crippen LogP contribution in [0.3, 0.4) is 0 Å². The van der Waals surface area contributed by atoms with E-state index in [-0.39, 0.29) is 0 Å². The van der Waals surface area contributed by atoms with Gasteiger partial charge in [-0.2, -0.15) is 0 Å². The van der Waals surface area contributed by atoms with Crippen molar-refractivity contribution in [2.45, 2.75) is 13.8 Å². The van der Waals surface area contributed by atoms with Gasteiger partial charge >= 0.3 is 0 Å². The molecule has 0 aliphatic rings. The average molecular weight is 230 g/mol. The molecule has 0 bridgehead atoms. The molecule has 0 radical (unpaired) electrons. The lowest BCUT2D eigenvalue weighted by Crippen LogP contribution is -1.88. The normalized spacial score (nSPS) is 11.9. The van der Waals surface area contributed by atoms with Crippen LogP contribution in [0.25, 0.3) is 32.3 Å². The maximum Gasteiger partial charge on any atom is -0.00239 e. The smallest absolute Gasteiger partial charge is 0.00239 e. The van der Waals surface area contributed by atoms with Crippen molar-refractivity contribution in [3.05, 3.63) is 59.7 Å². The number of aryl methyl sites for hydroxylation is 2. The van der Waals surface area contributed by atoms with Crippen LogP contribution in [0.1, 0.15) is 11.1 Å². The Morgan fingerprint density at radius 3 is 2.22 bits per heavy atom. The van der Waals surface area contributed by atoms with E-state index in [1.807, 2.05) is 0 Å². The molecule has 0 aliphatic carbocycles. The van der Waals surface area contributed by atoms with Gasteiger partial charge in [0.25, 0.3) is 0 Å². The highest BCUT2D eigenvalue weighted by Crippen LogP contribution is 2.37. The third kappa shape index (κ3) is 1.10. The van der Waals surface area contributed by atoms with Crippen LogP contribution in [0.2, 0.25) is 0 Å². The van der Waals surface area contributed by atoms with Gasteiger partial charge in [-0.15, -0.1) is 0 Å². The summed E-state index contributed by atoms with van der Waals surface area (Å²) in [5, 5.41) is 8.33. The van der Waals surface area contributed by atoms with Crippen LogP contribution in [0, 0.1) is 13.8 Å². The SMILES string of the molecule is Cc1cc2ccc(C)c3ccc4cccc1c4c23. The maximum absolute atomic E-state index is 2.31. The standard InChI is InChI=1S/C18H14/c1-11-6-7-14-10-12(2)15-5-3-4-13-8-9-16(11)18(14)17(13)15/h3-10H,1-2H3. The Kier molecular flexibility index (Phi) is 1.78. The molecule has 0 spiro atoms. The zero-order chi connectivity index (χ0) is 12.3. The summed E-state index contributed by atoms with van der Waals surface area (Å²) in [5.41, 5.74) is 2.72. The van der Waals surface area contributed by atoms with Crippen LogP contribution in [-0.2, 0) is 0 Å². The first kappa shape index (κ1) is 9.90. The fourth-order valence-electron chi connectivity index (χ4n) is 3.16. The van der Waals surface area contributed by atoms with E-state index in [4.69, 9.17) is 0 Å². The fraction of sp³-hybridized carbons (Fsp3) is 0.111. The molecular weight excluding hydrogens is 216 g/mol. The first-order valence-electron chi connectivity index (χ1n) is 6.39. The fourth-order valence-corrected chi connectivity index (χ4v) is 3.16. The predicted octanol–water partition coefficient (Wildman–Crippen LogP) is 5.20. The number of rotatable bonds is 0. The molecule has 0 aromatic heterocycles. The van der Waals surface area contributed by atoms with Crippen molar-refractivity contribution in [1.82, 2.24) is 0 Å². The van der Waals surface area contributed by atoms with Crippen molar-refractivity contribution in [3.8, 4) is 0 Å². The summed E-state index contributed by atoms with van der Waals surface area (Å²) in [6.45, 7) is 4.40. The number of hydrogen-bond acceptors (Lipinski definition) is 0.